The molecule has 1 aromatic rings. The summed E-state index contributed by atoms with van der Waals surface area (Å²) in [6.07, 6.45) is -2.87. The van der Waals surface area contributed by atoms with Gasteiger partial charge in [-0.05, 0) is 24.6 Å². The zero-order valence-electron chi connectivity index (χ0n) is 11.4. The molecule has 2 heterocycles. The van der Waals surface area contributed by atoms with Crippen molar-refractivity contribution in [3.8, 4) is 0 Å². The van der Waals surface area contributed by atoms with Crippen molar-refractivity contribution in [2.24, 2.45) is 0 Å². The predicted octanol–water partition coefficient (Wildman–Crippen LogP) is 2.63. The van der Waals surface area contributed by atoms with Gasteiger partial charge in [-0.15, -0.1) is 0 Å². The normalized spacial score (nSPS) is 22.0. The van der Waals surface area contributed by atoms with Gasteiger partial charge in [0.05, 0.1) is 25.3 Å². The lowest BCUT2D eigenvalue weighted by Crippen LogP contribution is -2.49. The number of alkyl halides is 3. The molecule has 0 saturated carbocycles. The molecule has 0 bridgehead atoms. The van der Waals surface area contributed by atoms with Gasteiger partial charge in [0, 0.05) is 24.3 Å². The first kappa shape index (κ1) is 14.5. The minimum Gasteiger partial charge on any atom is -0.398 e. The van der Waals surface area contributed by atoms with Gasteiger partial charge in [0.2, 0.25) is 0 Å². The van der Waals surface area contributed by atoms with Crippen LogP contribution < -0.4 is 10.6 Å². The van der Waals surface area contributed by atoms with Crippen LogP contribution in [-0.4, -0.2) is 32.1 Å². The lowest BCUT2D eigenvalue weighted by atomic mass is 10.0. The maximum Gasteiger partial charge on any atom is 0.418 e. The molecule has 1 spiro atoms. The van der Waals surface area contributed by atoms with Crippen LogP contribution >= 0.6 is 0 Å². The van der Waals surface area contributed by atoms with Crippen molar-refractivity contribution in [2.75, 3.05) is 36.9 Å². The van der Waals surface area contributed by atoms with E-state index in [9.17, 15) is 13.2 Å². The molecule has 0 aromatic heterocycles. The number of ether oxygens (including phenoxy) is 2. The maximum absolute atomic E-state index is 12.9. The highest BCUT2D eigenvalue weighted by Crippen LogP contribution is 2.38. The molecule has 2 aliphatic rings. The number of benzene rings is 1. The van der Waals surface area contributed by atoms with Crippen LogP contribution in [0.15, 0.2) is 18.2 Å². The maximum atomic E-state index is 12.9. The molecule has 0 atom stereocenters. The van der Waals surface area contributed by atoms with Crippen molar-refractivity contribution < 1.29 is 22.6 Å². The lowest BCUT2D eigenvalue weighted by Gasteiger charge is -2.40. The van der Waals surface area contributed by atoms with Crippen molar-refractivity contribution in [2.45, 2.75) is 24.8 Å². The molecule has 2 N–H and O–H groups in total. The molecule has 4 nitrogen and oxygen atoms in total. The van der Waals surface area contributed by atoms with Crippen LogP contribution in [0.3, 0.4) is 0 Å². The molecule has 0 radical (unpaired) electrons. The Hall–Kier alpha value is -1.47. The highest BCUT2D eigenvalue weighted by Gasteiger charge is 2.41. The van der Waals surface area contributed by atoms with Crippen LogP contribution in [0.4, 0.5) is 24.5 Å². The fraction of sp³-hybridized carbons (Fsp3) is 0.571. The Morgan fingerprint density at radius 2 is 1.90 bits per heavy atom. The van der Waals surface area contributed by atoms with E-state index in [1.807, 2.05) is 4.90 Å². The Bertz CT molecular complexity index is 527. The van der Waals surface area contributed by atoms with E-state index in [1.165, 1.54) is 6.07 Å². The van der Waals surface area contributed by atoms with Crippen LogP contribution in [0.5, 0.6) is 0 Å². The summed E-state index contributed by atoms with van der Waals surface area (Å²) in [6, 6.07) is 4.01. The monoisotopic (exact) mass is 302 g/mol. The molecular formula is C14H17F3N2O2. The van der Waals surface area contributed by atoms with Gasteiger partial charge in [-0.1, -0.05) is 0 Å². The third-order valence-corrected chi connectivity index (χ3v) is 3.94. The highest BCUT2D eigenvalue weighted by atomic mass is 19.4. The van der Waals surface area contributed by atoms with Gasteiger partial charge in [0.1, 0.15) is 0 Å². The van der Waals surface area contributed by atoms with E-state index in [0.717, 1.165) is 18.9 Å². The molecular weight excluding hydrogens is 285 g/mol. The first-order valence-electron chi connectivity index (χ1n) is 6.89. The summed E-state index contributed by atoms with van der Waals surface area (Å²) < 4.78 is 50.1. The average Bonchev–Trinajstić information content (AvgIpc) is 2.86. The summed E-state index contributed by atoms with van der Waals surface area (Å²) in [6.45, 7) is 2.18. The zero-order valence-corrected chi connectivity index (χ0v) is 11.4. The topological polar surface area (TPSA) is 47.7 Å². The molecule has 21 heavy (non-hydrogen) atoms. The van der Waals surface area contributed by atoms with Gasteiger partial charge >= 0.3 is 6.18 Å². The molecule has 116 valence electrons. The van der Waals surface area contributed by atoms with Crippen molar-refractivity contribution in [3.05, 3.63) is 23.8 Å². The molecule has 2 aliphatic heterocycles. The number of hydrogen-bond donors (Lipinski definition) is 1. The van der Waals surface area contributed by atoms with Gasteiger partial charge in [0.25, 0.3) is 0 Å². The van der Waals surface area contributed by atoms with Gasteiger partial charge in [0.15, 0.2) is 5.79 Å². The summed E-state index contributed by atoms with van der Waals surface area (Å²) in [5.41, 5.74) is 4.87. The smallest absolute Gasteiger partial charge is 0.398 e. The molecule has 3 rings (SSSR count). The van der Waals surface area contributed by atoms with E-state index < -0.39 is 17.5 Å². The third-order valence-electron chi connectivity index (χ3n) is 3.94. The minimum absolute atomic E-state index is 0.258. The molecule has 2 fully saturated rings. The Morgan fingerprint density at radius 1 is 1.19 bits per heavy atom. The van der Waals surface area contributed by atoms with Crippen molar-refractivity contribution >= 4 is 11.4 Å². The fourth-order valence-corrected chi connectivity index (χ4v) is 2.93. The minimum atomic E-state index is -4.45. The van der Waals surface area contributed by atoms with E-state index in [4.69, 9.17) is 15.2 Å². The van der Waals surface area contributed by atoms with E-state index in [2.05, 4.69) is 0 Å². The van der Waals surface area contributed by atoms with Gasteiger partial charge < -0.3 is 20.1 Å². The van der Waals surface area contributed by atoms with Crippen molar-refractivity contribution in [1.82, 2.24) is 0 Å². The summed E-state index contributed by atoms with van der Waals surface area (Å²) in [5, 5.41) is 0. The van der Waals surface area contributed by atoms with E-state index in [0.29, 0.717) is 32.0 Å². The van der Waals surface area contributed by atoms with Crippen molar-refractivity contribution in [3.63, 3.8) is 0 Å². The van der Waals surface area contributed by atoms with Crippen LogP contribution in [-0.2, 0) is 15.7 Å². The zero-order chi connectivity index (χ0) is 15.1. The van der Waals surface area contributed by atoms with Crippen LogP contribution in [0.25, 0.3) is 0 Å². The largest absolute Gasteiger partial charge is 0.418 e. The standard InChI is InChI=1S/C14H17F3N2O2/c15-14(16,17)11-8-10(2-3-12(11)18)19-5-1-4-13(9-19)20-6-7-21-13/h2-3,8H,1,4-7,9,18H2. The summed E-state index contributed by atoms with van der Waals surface area (Å²) >= 11 is 0. The predicted molar refractivity (Wildman–Crippen MR) is 71.9 cm³/mol. The van der Waals surface area contributed by atoms with Gasteiger partial charge in [-0.3, -0.25) is 0 Å². The first-order chi connectivity index (χ1) is 9.90. The number of nitrogen functional groups attached to an aromatic ring is 1. The number of anilines is 2. The van der Waals surface area contributed by atoms with E-state index >= 15 is 0 Å². The quantitative estimate of drug-likeness (QED) is 0.810. The van der Waals surface area contributed by atoms with Crippen LogP contribution in [0.2, 0.25) is 0 Å². The number of nitrogens with two attached hydrogens (primary N) is 1. The lowest BCUT2D eigenvalue weighted by molar-refractivity contribution is -0.161. The van der Waals surface area contributed by atoms with Crippen molar-refractivity contribution in [1.29, 1.82) is 0 Å². The second kappa shape index (κ2) is 5.06. The molecule has 7 heteroatoms. The van der Waals surface area contributed by atoms with E-state index in [-0.39, 0.29) is 5.69 Å². The summed E-state index contributed by atoms with van der Waals surface area (Å²) in [7, 11) is 0. The first-order valence-corrected chi connectivity index (χ1v) is 6.89. The molecule has 0 unspecified atom stereocenters. The van der Waals surface area contributed by atoms with Gasteiger partial charge in [-0.25, -0.2) is 0 Å². The Morgan fingerprint density at radius 3 is 2.57 bits per heavy atom. The fourth-order valence-electron chi connectivity index (χ4n) is 2.93. The van der Waals surface area contributed by atoms with E-state index in [1.54, 1.807) is 6.07 Å². The van der Waals surface area contributed by atoms with Crippen LogP contribution in [0.1, 0.15) is 18.4 Å². The van der Waals surface area contributed by atoms with Crippen LogP contribution in [0, 0.1) is 0 Å². The molecule has 0 aliphatic carbocycles. The number of piperidine rings is 1. The molecule has 1 aromatic carbocycles. The number of nitrogens with zero attached hydrogens (tertiary/aromatic N) is 1. The number of hydrogen-bond acceptors (Lipinski definition) is 4. The summed E-state index contributed by atoms with van der Waals surface area (Å²) in [5.74, 6) is -0.669. The second-order valence-electron chi connectivity index (χ2n) is 5.40. The highest BCUT2D eigenvalue weighted by molar-refractivity contribution is 5.59. The third kappa shape index (κ3) is 2.80. The Kier molecular flexibility index (Phi) is 3.49. The average molecular weight is 302 g/mol. The summed E-state index contributed by atoms with van der Waals surface area (Å²) in [4.78, 5) is 1.86. The number of halogens is 3. The number of rotatable bonds is 1. The Balaban J connectivity index is 1.86. The Labute approximate surface area is 120 Å². The SMILES string of the molecule is Nc1ccc(N2CCCC3(C2)OCCO3)cc1C(F)(F)F. The second-order valence-corrected chi connectivity index (χ2v) is 5.40. The van der Waals surface area contributed by atoms with Gasteiger partial charge in [-0.2, -0.15) is 13.2 Å². The molecule has 2 saturated heterocycles. The molecule has 0 amide bonds.